The van der Waals surface area contributed by atoms with Crippen LogP contribution in [0.3, 0.4) is 0 Å². The summed E-state index contributed by atoms with van der Waals surface area (Å²) in [4.78, 5) is 16.2. The van der Waals surface area contributed by atoms with Gasteiger partial charge in [0.25, 0.3) is 0 Å². The van der Waals surface area contributed by atoms with Crippen molar-refractivity contribution in [3.05, 3.63) is 46.7 Å². The molecule has 0 atom stereocenters. The van der Waals surface area contributed by atoms with Crippen molar-refractivity contribution in [2.75, 3.05) is 13.7 Å². The van der Waals surface area contributed by atoms with E-state index in [0.717, 1.165) is 11.3 Å². The smallest absolute Gasteiger partial charge is 0.341 e. The average Bonchev–Trinajstić information content (AvgIpc) is 2.48. The van der Waals surface area contributed by atoms with Gasteiger partial charge in [-0.25, -0.2) is 4.79 Å². The fourth-order valence-corrected chi connectivity index (χ4v) is 2.46. The largest absolute Gasteiger partial charge is 0.496 e. The van der Waals surface area contributed by atoms with Crippen molar-refractivity contribution >= 4 is 17.6 Å². The second kappa shape index (κ2) is 6.59. The minimum Gasteiger partial charge on any atom is -0.496 e. The molecule has 0 aliphatic rings. The summed E-state index contributed by atoms with van der Waals surface area (Å²) in [6.45, 7) is 3.87. The Bertz CT molecular complexity index is 671. The van der Waals surface area contributed by atoms with Crippen molar-refractivity contribution in [3.63, 3.8) is 0 Å². The fourth-order valence-electron chi connectivity index (χ4n) is 2.09. The Balaban J connectivity index is 2.63. The summed E-state index contributed by atoms with van der Waals surface area (Å²) in [5.74, 6) is 0.191. The summed E-state index contributed by atoms with van der Waals surface area (Å²) in [6, 6.07) is 7.46. The number of halogens is 1. The standard InChI is InChI=1S/C16H16ClNO3/c1-4-21-16(19)12-9-18-10(2)14(15(12)17)11-7-5-6-8-13(11)20-3/h5-9H,4H2,1-3H3. The third kappa shape index (κ3) is 3.00. The van der Waals surface area contributed by atoms with E-state index in [1.165, 1.54) is 6.20 Å². The van der Waals surface area contributed by atoms with E-state index in [4.69, 9.17) is 21.1 Å². The van der Waals surface area contributed by atoms with Gasteiger partial charge in [0.15, 0.2) is 0 Å². The molecule has 1 aromatic heterocycles. The topological polar surface area (TPSA) is 48.4 Å². The van der Waals surface area contributed by atoms with Gasteiger partial charge in [-0.2, -0.15) is 0 Å². The van der Waals surface area contributed by atoms with Gasteiger partial charge in [-0.05, 0) is 19.9 Å². The minimum atomic E-state index is -0.480. The first kappa shape index (κ1) is 15.3. The first-order chi connectivity index (χ1) is 10.1. The summed E-state index contributed by atoms with van der Waals surface area (Å²) in [7, 11) is 1.59. The molecule has 0 bridgehead atoms. The Morgan fingerprint density at radius 3 is 2.71 bits per heavy atom. The third-order valence-electron chi connectivity index (χ3n) is 3.08. The van der Waals surface area contributed by atoms with Crippen LogP contribution in [0.2, 0.25) is 5.02 Å². The molecule has 110 valence electrons. The third-order valence-corrected chi connectivity index (χ3v) is 3.47. The number of esters is 1. The van der Waals surface area contributed by atoms with E-state index in [2.05, 4.69) is 4.98 Å². The van der Waals surface area contributed by atoms with Crippen molar-refractivity contribution in [2.45, 2.75) is 13.8 Å². The molecule has 1 heterocycles. The second-order valence-electron chi connectivity index (χ2n) is 4.37. The Labute approximate surface area is 128 Å². The molecule has 0 unspecified atom stereocenters. The Kier molecular flexibility index (Phi) is 4.81. The summed E-state index contributed by atoms with van der Waals surface area (Å²) in [5, 5.41) is 0.324. The van der Waals surface area contributed by atoms with Gasteiger partial charge < -0.3 is 9.47 Å². The van der Waals surface area contributed by atoms with E-state index in [9.17, 15) is 4.79 Å². The van der Waals surface area contributed by atoms with Gasteiger partial charge >= 0.3 is 5.97 Å². The molecule has 5 heteroatoms. The highest BCUT2D eigenvalue weighted by atomic mass is 35.5. The molecule has 0 aliphatic heterocycles. The molecule has 4 nitrogen and oxygen atoms in total. The van der Waals surface area contributed by atoms with E-state index in [1.54, 1.807) is 14.0 Å². The summed E-state index contributed by atoms with van der Waals surface area (Å²) >= 11 is 6.41. The van der Waals surface area contributed by atoms with Crippen molar-refractivity contribution in [2.24, 2.45) is 0 Å². The molecule has 21 heavy (non-hydrogen) atoms. The van der Waals surface area contributed by atoms with Crippen LogP contribution in [0.25, 0.3) is 11.1 Å². The Morgan fingerprint density at radius 2 is 2.05 bits per heavy atom. The zero-order valence-electron chi connectivity index (χ0n) is 12.1. The molecule has 0 radical (unpaired) electrons. The molecule has 0 amide bonds. The number of ether oxygens (including phenoxy) is 2. The van der Waals surface area contributed by atoms with Crippen LogP contribution in [0.5, 0.6) is 5.75 Å². The number of benzene rings is 1. The van der Waals surface area contributed by atoms with E-state index >= 15 is 0 Å². The van der Waals surface area contributed by atoms with Crippen molar-refractivity contribution in [1.82, 2.24) is 4.98 Å². The lowest BCUT2D eigenvalue weighted by Gasteiger charge is -2.14. The highest BCUT2D eigenvalue weighted by Gasteiger charge is 2.20. The lowest BCUT2D eigenvalue weighted by molar-refractivity contribution is 0.0526. The summed E-state index contributed by atoms with van der Waals surface area (Å²) in [5.41, 5.74) is 2.45. The predicted molar refractivity (Wildman–Crippen MR) is 81.9 cm³/mol. The molecule has 2 rings (SSSR count). The molecular weight excluding hydrogens is 290 g/mol. The van der Waals surface area contributed by atoms with E-state index in [-0.39, 0.29) is 12.2 Å². The molecule has 0 N–H and O–H groups in total. The second-order valence-corrected chi connectivity index (χ2v) is 4.74. The number of hydrogen-bond acceptors (Lipinski definition) is 4. The Hall–Kier alpha value is -2.07. The van der Waals surface area contributed by atoms with Crippen molar-refractivity contribution in [3.8, 4) is 16.9 Å². The number of carbonyl (C=O) groups is 1. The van der Waals surface area contributed by atoms with Crippen LogP contribution in [-0.4, -0.2) is 24.7 Å². The summed E-state index contributed by atoms with van der Waals surface area (Å²) in [6.07, 6.45) is 1.44. The van der Waals surface area contributed by atoms with Crippen LogP contribution >= 0.6 is 11.6 Å². The zero-order valence-corrected chi connectivity index (χ0v) is 12.9. The van der Waals surface area contributed by atoms with Gasteiger partial charge in [-0.3, -0.25) is 4.98 Å². The van der Waals surface area contributed by atoms with Crippen LogP contribution in [-0.2, 0) is 4.74 Å². The van der Waals surface area contributed by atoms with Gasteiger partial charge in [0.2, 0.25) is 0 Å². The maximum atomic E-state index is 11.9. The van der Waals surface area contributed by atoms with Gasteiger partial charge in [0.05, 0.1) is 24.3 Å². The van der Waals surface area contributed by atoms with Gasteiger partial charge in [0.1, 0.15) is 5.75 Å². The monoisotopic (exact) mass is 305 g/mol. The van der Waals surface area contributed by atoms with E-state index in [1.807, 2.05) is 31.2 Å². The highest BCUT2D eigenvalue weighted by molar-refractivity contribution is 6.36. The first-order valence-corrected chi connectivity index (χ1v) is 6.93. The van der Waals surface area contributed by atoms with E-state index < -0.39 is 5.97 Å². The highest BCUT2D eigenvalue weighted by Crippen LogP contribution is 2.38. The lowest BCUT2D eigenvalue weighted by atomic mass is 10.0. The molecule has 1 aromatic carbocycles. The number of rotatable bonds is 4. The maximum Gasteiger partial charge on any atom is 0.341 e. The van der Waals surface area contributed by atoms with Crippen molar-refractivity contribution < 1.29 is 14.3 Å². The van der Waals surface area contributed by atoms with Gasteiger partial charge in [-0.1, -0.05) is 29.8 Å². The van der Waals surface area contributed by atoms with Gasteiger partial charge in [-0.15, -0.1) is 0 Å². The number of nitrogens with zero attached hydrogens (tertiary/aromatic N) is 1. The number of para-hydroxylation sites is 1. The molecule has 0 spiro atoms. The predicted octanol–water partition coefficient (Wildman–Crippen LogP) is 3.90. The molecule has 0 aliphatic carbocycles. The minimum absolute atomic E-state index is 0.255. The fraction of sp³-hybridized carbons (Fsp3) is 0.250. The number of aromatic nitrogens is 1. The van der Waals surface area contributed by atoms with Crippen LogP contribution in [0.4, 0.5) is 0 Å². The maximum absolute atomic E-state index is 11.9. The quantitative estimate of drug-likeness (QED) is 0.804. The van der Waals surface area contributed by atoms with Crippen LogP contribution < -0.4 is 4.74 Å². The van der Waals surface area contributed by atoms with Crippen molar-refractivity contribution in [1.29, 1.82) is 0 Å². The average molecular weight is 306 g/mol. The summed E-state index contributed by atoms with van der Waals surface area (Å²) < 4.78 is 10.4. The molecule has 2 aromatic rings. The number of carbonyl (C=O) groups excluding carboxylic acids is 1. The van der Waals surface area contributed by atoms with Crippen LogP contribution in [0.15, 0.2) is 30.5 Å². The molecular formula is C16H16ClNO3. The van der Waals surface area contributed by atoms with E-state index in [0.29, 0.717) is 16.3 Å². The number of pyridine rings is 1. The van der Waals surface area contributed by atoms with Gasteiger partial charge in [0, 0.05) is 23.0 Å². The van der Waals surface area contributed by atoms with Crippen LogP contribution in [0, 0.1) is 6.92 Å². The molecule has 0 saturated heterocycles. The number of aryl methyl sites for hydroxylation is 1. The van der Waals surface area contributed by atoms with Crippen LogP contribution in [0.1, 0.15) is 23.0 Å². The normalized spacial score (nSPS) is 10.3. The molecule has 0 fully saturated rings. The SMILES string of the molecule is CCOC(=O)c1cnc(C)c(-c2ccccc2OC)c1Cl. The number of hydrogen-bond donors (Lipinski definition) is 0. The molecule has 0 saturated carbocycles. The first-order valence-electron chi connectivity index (χ1n) is 6.55. The zero-order chi connectivity index (χ0) is 15.4. The number of methoxy groups -OCH3 is 1. The lowest BCUT2D eigenvalue weighted by Crippen LogP contribution is -2.07. The Morgan fingerprint density at radius 1 is 1.33 bits per heavy atom.